The predicted octanol–water partition coefficient (Wildman–Crippen LogP) is 5.08. The van der Waals surface area contributed by atoms with Crippen LogP contribution in [0, 0.1) is 17.2 Å². The van der Waals surface area contributed by atoms with Crippen molar-refractivity contribution in [3.05, 3.63) is 35.6 Å². The van der Waals surface area contributed by atoms with E-state index in [0.29, 0.717) is 6.04 Å². The number of nitrogens with one attached hydrogen (secondary N) is 1. The van der Waals surface area contributed by atoms with E-state index >= 15 is 0 Å². The van der Waals surface area contributed by atoms with Gasteiger partial charge in [0.15, 0.2) is 0 Å². The topological polar surface area (TPSA) is 12.0 Å². The highest BCUT2D eigenvalue weighted by Gasteiger charge is 2.29. The lowest BCUT2D eigenvalue weighted by Crippen LogP contribution is -2.41. The van der Waals surface area contributed by atoms with Crippen LogP contribution >= 0.6 is 0 Å². The molecule has 1 aliphatic carbocycles. The van der Waals surface area contributed by atoms with Crippen LogP contribution in [-0.2, 0) is 0 Å². The Morgan fingerprint density at radius 2 is 1.60 bits per heavy atom. The van der Waals surface area contributed by atoms with Gasteiger partial charge in [-0.05, 0) is 54.7 Å². The summed E-state index contributed by atoms with van der Waals surface area (Å²) in [5.41, 5.74) is 1.32. The van der Waals surface area contributed by atoms with Gasteiger partial charge in [0.2, 0.25) is 0 Å². The second kappa shape index (κ2) is 6.26. The standard InChI is InChI=1S/C18H28FN/c1-13-5-11-16(12-6-13)20-17(18(2,3)4)14-7-9-15(19)10-8-14/h7-10,13,16-17,20H,5-6,11-12H2,1-4H3. The fourth-order valence-electron chi connectivity index (χ4n) is 3.16. The van der Waals surface area contributed by atoms with E-state index in [-0.39, 0.29) is 17.3 Å². The summed E-state index contributed by atoms with van der Waals surface area (Å²) in [7, 11) is 0. The Hall–Kier alpha value is -0.890. The van der Waals surface area contributed by atoms with Crippen LogP contribution in [0.4, 0.5) is 4.39 Å². The molecule has 0 spiro atoms. The fraction of sp³-hybridized carbons (Fsp3) is 0.667. The van der Waals surface area contributed by atoms with Crippen LogP contribution in [0.25, 0.3) is 0 Å². The molecule has 1 aliphatic rings. The Morgan fingerprint density at radius 1 is 1.05 bits per heavy atom. The first-order valence-electron chi connectivity index (χ1n) is 7.88. The van der Waals surface area contributed by atoms with Gasteiger partial charge in [-0.2, -0.15) is 0 Å². The van der Waals surface area contributed by atoms with Crippen molar-refractivity contribution in [3.63, 3.8) is 0 Å². The van der Waals surface area contributed by atoms with Gasteiger partial charge < -0.3 is 5.32 Å². The summed E-state index contributed by atoms with van der Waals surface area (Å²) >= 11 is 0. The van der Waals surface area contributed by atoms with Crippen molar-refractivity contribution in [1.82, 2.24) is 5.32 Å². The van der Waals surface area contributed by atoms with Gasteiger partial charge in [-0.15, -0.1) is 0 Å². The van der Waals surface area contributed by atoms with Gasteiger partial charge in [0.1, 0.15) is 5.82 Å². The van der Waals surface area contributed by atoms with Crippen molar-refractivity contribution < 1.29 is 4.39 Å². The second-order valence-corrected chi connectivity index (χ2v) is 7.47. The molecule has 0 aromatic heterocycles. The van der Waals surface area contributed by atoms with Crippen molar-refractivity contribution >= 4 is 0 Å². The largest absolute Gasteiger partial charge is 0.307 e. The van der Waals surface area contributed by atoms with Crippen molar-refractivity contribution in [2.75, 3.05) is 0 Å². The molecule has 2 rings (SSSR count). The zero-order chi connectivity index (χ0) is 14.8. The number of benzene rings is 1. The zero-order valence-corrected chi connectivity index (χ0v) is 13.2. The van der Waals surface area contributed by atoms with Gasteiger partial charge in [-0.3, -0.25) is 0 Å². The van der Waals surface area contributed by atoms with Gasteiger partial charge in [-0.25, -0.2) is 4.39 Å². The molecular weight excluding hydrogens is 249 g/mol. The molecule has 1 saturated carbocycles. The maximum absolute atomic E-state index is 13.1. The quantitative estimate of drug-likeness (QED) is 0.812. The average molecular weight is 277 g/mol. The van der Waals surface area contributed by atoms with Gasteiger partial charge in [-0.1, -0.05) is 39.8 Å². The van der Waals surface area contributed by atoms with Gasteiger partial charge >= 0.3 is 0 Å². The molecule has 0 saturated heterocycles. The maximum atomic E-state index is 13.1. The number of rotatable bonds is 3. The van der Waals surface area contributed by atoms with E-state index in [4.69, 9.17) is 0 Å². The Labute approximate surface area is 123 Å². The summed E-state index contributed by atoms with van der Waals surface area (Å²) in [5.74, 6) is 0.708. The zero-order valence-electron chi connectivity index (χ0n) is 13.2. The van der Waals surface area contributed by atoms with E-state index in [1.807, 2.05) is 12.1 Å². The molecule has 1 atom stereocenters. The predicted molar refractivity (Wildman–Crippen MR) is 83.2 cm³/mol. The lowest BCUT2D eigenvalue weighted by Gasteiger charge is -2.37. The third-order valence-corrected chi connectivity index (χ3v) is 4.49. The minimum atomic E-state index is -0.159. The highest BCUT2D eigenvalue weighted by atomic mass is 19.1. The van der Waals surface area contributed by atoms with Crippen molar-refractivity contribution in [2.24, 2.45) is 11.3 Å². The van der Waals surface area contributed by atoms with Gasteiger partial charge in [0.05, 0.1) is 0 Å². The first-order chi connectivity index (χ1) is 9.36. The Morgan fingerprint density at radius 3 is 2.10 bits per heavy atom. The molecule has 1 aromatic rings. The molecule has 2 heteroatoms. The molecule has 1 aromatic carbocycles. The van der Waals surface area contributed by atoms with E-state index in [9.17, 15) is 4.39 Å². The lowest BCUT2D eigenvalue weighted by atomic mass is 9.80. The lowest BCUT2D eigenvalue weighted by molar-refractivity contribution is 0.211. The molecular formula is C18H28FN. The highest BCUT2D eigenvalue weighted by molar-refractivity contribution is 5.22. The van der Waals surface area contributed by atoms with Crippen molar-refractivity contribution in [3.8, 4) is 0 Å². The Kier molecular flexibility index (Phi) is 4.85. The normalized spacial score (nSPS) is 25.4. The van der Waals surface area contributed by atoms with E-state index in [1.54, 1.807) is 12.1 Å². The second-order valence-electron chi connectivity index (χ2n) is 7.47. The van der Waals surface area contributed by atoms with E-state index in [1.165, 1.54) is 31.2 Å². The molecule has 0 radical (unpaired) electrons. The fourth-order valence-corrected chi connectivity index (χ4v) is 3.16. The monoisotopic (exact) mass is 277 g/mol. The third kappa shape index (κ3) is 4.05. The minimum Gasteiger partial charge on any atom is -0.307 e. The Balaban J connectivity index is 2.10. The SMILES string of the molecule is CC1CCC(NC(c2ccc(F)cc2)C(C)(C)C)CC1. The molecule has 1 fully saturated rings. The van der Waals surface area contributed by atoms with E-state index < -0.39 is 0 Å². The smallest absolute Gasteiger partial charge is 0.123 e. The summed E-state index contributed by atoms with van der Waals surface area (Å²) in [5, 5.41) is 3.83. The van der Waals surface area contributed by atoms with Crippen LogP contribution in [0.15, 0.2) is 24.3 Å². The van der Waals surface area contributed by atoms with Crippen molar-refractivity contribution in [2.45, 2.75) is 65.5 Å². The molecule has 0 bridgehead atoms. The van der Waals surface area contributed by atoms with Gasteiger partial charge in [0, 0.05) is 12.1 Å². The Bertz CT molecular complexity index is 410. The molecule has 0 amide bonds. The third-order valence-electron chi connectivity index (χ3n) is 4.49. The summed E-state index contributed by atoms with van der Waals surface area (Å²) < 4.78 is 13.1. The average Bonchev–Trinajstić information content (AvgIpc) is 2.38. The van der Waals surface area contributed by atoms with E-state index in [0.717, 1.165) is 5.92 Å². The first-order valence-corrected chi connectivity index (χ1v) is 7.88. The van der Waals surface area contributed by atoms with Crippen molar-refractivity contribution in [1.29, 1.82) is 0 Å². The van der Waals surface area contributed by atoms with Crippen LogP contribution in [0.5, 0.6) is 0 Å². The molecule has 20 heavy (non-hydrogen) atoms. The number of halogens is 1. The maximum Gasteiger partial charge on any atom is 0.123 e. The molecule has 1 unspecified atom stereocenters. The highest BCUT2D eigenvalue weighted by Crippen LogP contribution is 2.35. The van der Waals surface area contributed by atoms with Crippen LogP contribution in [0.1, 0.15) is 65.0 Å². The van der Waals surface area contributed by atoms with Crippen LogP contribution in [-0.4, -0.2) is 6.04 Å². The van der Waals surface area contributed by atoms with Crippen LogP contribution < -0.4 is 5.32 Å². The van der Waals surface area contributed by atoms with E-state index in [2.05, 4.69) is 33.0 Å². The molecule has 1 N–H and O–H groups in total. The summed E-state index contributed by atoms with van der Waals surface area (Å²) in [6.45, 7) is 9.09. The summed E-state index contributed by atoms with van der Waals surface area (Å²) in [4.78, 5) is 0. The molecule has 0 aliphatic heterocycles. The first kappa shape index (κ1) is 15.5. The molecule has 112 valence electrons. The summed E-state index contributed by atoms with van der Waals surface area (Å²) in [6.07, 6.45) is 5.15. The van der Waals surface area contributed by atoms with Crippen LogP contribution in [0.3, 0.4) is 0 Å². The molecule has 1 nitrogen and oxygen atoms in total. The van der Waals surface area contributed by atoms with Gasteiger partial charge in [0.25, 0.3) is 0 Å². The molecule has 0 heterocycles. The number of hydrogen-bond donors (Lipinski definition) is 1. The van der Waals surface area contributed by atoms with Crippen LogP contribution in [0.2, 0.25) is 0 Å². The number of hydrogen-bond acceptors (Lipinski definition) is 1. The minimum absolute atomic E-state index is 0.126. The summed E-state index contributed by atoms with van der Waals surface area (Å²) in [6, 6.07) is 7.85.